The Morgan fingerprint density at radius 1 is 1.05 bits per heavy atom. The number of pyridine rings is 1. The van der Waals surface area contributed by atoms with E-state index in [9.17, 15) is 5.11 Å². The van der Waals surface area contributed by atoms with E-state index in [-0.39, 0.29) is 6.61 Å². The molecule has 4 heteroatoms. The molecule has 1 aromatic carbocycles. The number of benzene rings is 1. The Hall–Kier alpha value is -2.30. The molecule has 21 heavy (non-hydrogen) atoms. The third-order valence-electron chi connectivity index (χ3n) is 3.45. The second-order valence-electron chi connectivity index (χ2n) is 5.06. The Balaban J connectivity index is 1.85. The second-order valence-corrected chi connectivity index (χ2v) is 5.06. The molecule has 0 aliphatic heterocycles. The van der Waals surface area contributed by atoms with Gasteiger partial charge >= 0.3 is 0 Å². The standard InChI is InChI=1S/C17H18N2O2/c20-12-17(21)10-18-15-5-3-4-13(8-15)14-9-16-6-1-2-7-19(16)11-14/h1-9,11,17-18,20-21H,10,12H2. The molecule has 2 aromatic heterocycles. The Bertz CT molecular complexity index is 703. The molecule has 0 aliphatic carbocycles. The lowest BCUT2D eigenvalue weighted by Gasteiger charge is -2.11. The summed E-state index contributed by atoms with van der Waals surface area (Å²) in [7, 11) is 0. The van der Waals surface area contributed by atoms with Gasteiger partial charge in [0.2, 0.25) is 0 Å². The molecule has 3 rings (SSSR count). The van der Waals surface area contributed by atoms with Crippen molar-refractivity contribution in [3.05, 3.63) is 60.9 Å². The molecule has 0 aliphatic rings. The minimum absolute atomic E-state index is 0.239. The highest BCUT2D eigenvalue weighted by molar-refractivity contribution is 5.72. The first-order valence-electron chi connectivity index (χ1n) is 6.96. The predicted molar refractivity (Wildman–Crippen MR) is 84.4 cm³/mol. The molecule has 3 N–H and O–H groups in total. The van der Waals surface area contributed by atoms with Crippen LogP contribution in [0.5, 0.6) is 0 Å². The summed E-state index contributed by atoms with van der Waals surface area (Å²) < 4.78 is 2.09. The van der Waals surface area contributed by atoms with E-state index in [1.165, 1.54) is 0 Å². The van der Waals surface area contributed by atoms with E-state index >= 15 is 0 Å². The van der Waals surface area contributed by atoms with Crippen molar-refractivity contribution in [2.75, 3.05) is 18.5 Å². The fraction of sp³-hybridized carbons (Fsp3) is 0.176. The number of hydrogen-bond donors (Lipinski definition) is 3. The molecule has 0 bridgehead atoms. The molecule has 0 saturated heterocycles. The van der Waals surface area contributed by atoms with Gasteiger partial charge in [-0.1, -0.05) is 18.2 Å². The van der Waals surface area contributed by atoms with E-state index in [0.29, 0.717) is 6.54 Å². The van der Waals surface area contributed by atoms with Gasteiger partial charge in [-0.25, -0.2) is 0 Å². The van der Waals surface area contributed by atoms with E-state index in [4.69, 9.17) is 5.11 Å². The lowest BCUT2D eigenvalue weighted by atomic mass is 10.1. The lowest BCUT2D eigenvalue weighted by Crippen LogP contribution is -2.22. The quantitative estimate of drug-likeness (QED) is 0.673. The summed E-state index contributed by atoms with van der Waals surface area (Å²) in [5.74, 6) is 0. The van der Waals surface area contributed by atoms with E-state index in [1.54, 1.807) is 0 Å². The largest absolute Gasteiger partial charge is 0.394 e. The zero-order chi connectivity index (χ0) is 14.7. The van der Waals surface area contributed by atoms with Crippen molar-refractivity contribution >= 4 is 11.2 Å². The maximum atomic E-state index is 9.39. The van der Waals surface area contributed by atoms with Crippen LogP contribution in [0, 0.1) is 0 Å². The zero-order valence-corrected chi connectivity index (χ0v) is 11.6. The number of hydrogen-bond acceptors (Lipinski definition) is 3. The van der Waals surface area contributed by atoms with Crippen LogP contribution in [0.4, 0.5) is 5.69 Å². The highest BCUT2D eigenvalue weighted by atomic mass is 16.3. The van der Waals surface area contributed by atoms with E-state index in [0.717, 1.165) is 22.3 Å². The summed E-state index contributed by atoms with van der Waals surface area (Å²) in [6.45, 7) is 0.0925. The third kappa shape index (κ3) is 3.07. The van der Waals surface area contributed by atoms with Gasteiger partial charge in [0, 0.05) is 35.7 Å². The van der Waals surface area contributed by atoms with Gasteiger partial charge in [0.05, 0.1) is 12.7 Å². The van der Waals surface area contributed by atoms with Crippen LogP contribution in [-0.4, -0.2) is 33.9 Å². The van der Waals surface area contributed by atoms with Crippen LogP contribution in [0.15, 0.2) is 60.9 Å². The Kier molecular flexibility index (Phi) is 3.90. The molecule has 0 fully saturated rings. The van der Waals surface area contributed by atoms with E-state index < -0.39 is 6.10 Å². The van der Waals surface area contributed by atoms with Gasteiger partial charge in [-0.2, -0.15) is 0 Å². The second kappa shape index (κ2) is 5.99. The van der Waals surface area contributed by atoms with Crippen molar-refractivity contribution in [3.63, 3.8) is 0 Å². The van der Waals surface area contributed by atoms with Gasteiger partial charge in [0.25, 0.3) is 0 Å². The molecule has 1 atom stereocenters. The van der Waals surface area contributed by atoms with Gasteiger partial charge in [-0.3, -0.25) is 0 Å². The van der Waals surface area contributed by atoms with Crippen molar-refractivity contribution in [2.24, 2.45) is 0 Å². The first-order chi connectivity index (χ1) is 10.3. The SMILES string of the molecule is OCC(O)CNc1cccc(-c2cc3ccccn3c2)c1. The van der Waals surface area contributed by atoms with Gasteiger partial charge in [0.1, 0.15) is 0 Å². The summed E-state index contributed by atoms with van der Waals surface area (Å²) in [4.78, 5) is 0. The summed E-state index contributed by atoms with van der Waals surface area (Å²) in [6.07, 6.45) is 3.38. The summed E-state index contributed by atoms with van der Waals surface area (Å²) in [5, 5.41) is 21.3. The number of nitrogens with zero attached hydrogens (tertiary/aromatic N) is 1. The summed E-state index contributed by atoms with van der Waals surface area (Å²) in [5.41, 5.74) is 4.34. The number of anilines is 1. The number of aliphatic hydroxyl groups excluding tert-OH is 2. The minimum Gasteiger partial charge on any atom is -0.394 e. The van der Waals surface area contributed by atoms with E-state index in [2.05, 4.69) is 34.1 Å². The number of fused-ring (bicyclic) bond motifs is 1. The molecule has 2 heterocycles. The van der Waals surface area contributed by atoms with Crippen LogP contribution in [0.3, 0.4) is 0 Å². The van der Waals surface area contributed by atoms with Gasteiger partial charge in [-0.05, 0) is 35.9 Å². The van der Waals surface area contributed by atoms with Gasteiger partial charge in [0.15, 0.2) is 0 Å². The lowest BCUT2D eigenvalue weighted by molar-refractivity contribution is 0.105. The molecule has 4 nitrogen and oxygen atoms in total. The molecular formula is C17H18N2O2. The topological polar surface area (TPSA) is 56.9 Å². The fourth-order valence-corrected chi connectivity index (χ4v) is 2.32. The van der Waals surface area contributed by atoms with Gasteiger partial charge < -0.3 is 19.9 Å². The maximum Gasteiger partial charge on any atom is 0.0942 e. The molecule has 0 spiro atoms. The minimum atomic E-state index is -0.745. The number of nitrogens with one attached hydrogen (secondary N) is 1. The highest BCUT2D eigenvalue weighted by Crippen LogP contribution is 2.25. The predicted octanol–water partition coefficient (Wildman–Crippen LogP) is 2.37. The van der Waals surface area contributed by atoms with Crippen molar-refractivity contribution in [1.29, 1.82) is 0 Å². The van der Waals surface area contributed by atoms with Crippen molar-refractivity contribution in [2.45, 2.75) is 6.10 Å². The first-order valence-corrected chi connectivity index (χ1v) is 6.96. The van der Waals surface area contributed by atoms with Crippen molar-refractivity contribution < 1.29 is 10.2 Å². The monoisotopic (exact) mass is 282 g/mol. The van der Waals surface area contributed by atoms with Crippen LogP contribution >= 0.6 is 0 Å². The van der Waals surface area contributed by atoms with Crippen molar-refractivity contribution in [3.8, 4) is 11.1 Å². The first kappa shape index (κ1) is 13.7. The Labute approximate surface area is 123 Å². The van der Waals surface area contributed by atoms with Crippen LogP contribution < -0.4 is 5.32 Å². The van der Waals surface area contributed by atoms with Gasteiger partial charge in [-0.15, -0.1) is 0 Å². The van der Waals surface area contributed by atoms with Crippen LogP contribution in [0.2, 0.25) is 0 Å². The van der Waals surface area contributed by atoms with Crippen LogP contribution in [-0.2, 0) is 0 Å². The normalized spacial score (nSPS) is 12.5. The molecule has 0 amide bonds. The molecule has 108 valence electrons. The molecule has 1 unspecified atom stereocenters. The average molecular weight is 282 g/mol. The Morgan fingerprint density at radius 2 is 1.95 bits per heavy atom. The number of aromatic nitrogens is 1. The molecular weight excluding hydrogens is 264 g/mol. The van der Waals surface area contributed by atoms with Crippen LogP contribution in [0.1, 0.15) is 0 Å². The Morgan fingerprint density at radius 3 is 2.76 bits per heavy atom. The maximum absolute atomic E-state index is 9.39. The molecule has 0 radical (unpaired) electrons. The summed E-state index contributed by atoms with van der Waals surface area (Å²) in [6, 6.07) is 16.3. The number of aliphatic hydroxyl groups is 2. The zero-order valence-electron chi connectivity index (χ0n) is 11.6. The van der Waals surface area contributed by atoms with Crippen LogP contribution in [0.25, 0.3) is 16.6 Å². The number of rotatable bonds is 5. The van der Waals surface area contributed by atoms with E-state index in [1.807, 2.05) is 36.5 Å². The molecule has 0 saturated carbocycles. The summed E-state index contributed by atoms with van der Waals surface area (Å²) >= 11 is 0. The average Bonchev–Trinajstić information content (AvgIpc) is 2.97. The fourth-order valence-electron chi connectivity index (χ4n) is 2.32. The third-order valence-corrected chi connectivity index (χ3v) is 3.45. The smallest absolute Gasteiger partial charge is 0.0942 e. The van der Waals surface area contributed by atoms with Crippen molar-refractivity contribution in [1.82, 2.24) is 4.40 Å². The molecule has 3 aromatic rings. The highest BCUT2D eigenvalue weighted by Gasteiger charge is 2.05.